The first kappa shape index (κ1) is 34.4. The zero-order chi connectivity index (χ0) is 35.7. The van der Waals surface area contributed by atoms with Crippen molar-refractivity contribution in [1.82, 2.24) is 10.2 Å². The number of carbonyl (C=O) groups excluding carboxylic acids is 3. The van der Waals surface area contributed by atoms with Crippen LogP contribution in [0.3, 0.4) is 0 Å². The molecule has 4 atom stereocenters. The summed E-state index contributed by atoms with van der Waals surface area (Å²) in [6.07, 6.45) is 0.928. The topological polar surface area (TPSA) is 197 Å². The molecule has 0 saturated carbocycles. The van der Waals surface area contributed by atoms with Gasteiger partial charge in [-0.2, -0.15) is 0 Å². The van der Waals surface area contributed by atoms with E-state index in [9.17, 15) is 33.0 Å². The van der Waals surface area contributed by atoms with Crippen LogP contribution < -0.4 is 20.5 Å². The molecule has 15 heteroatoms. The highest BCUT2D eigenvalue weighted by Crippen LogP contribution is 2.49. The summed E-state index contributed by atoms with van der Waals surface area (Å²) in [5, 5.41) is 34.3. The Morgan fingerprint density at radius 2 is 1.80 bits per heavy atom. The predicted octanol–water partition coefficient (Wildman–Crippen LogP) is -0.754. The summed E-state index contributed by atoms with van der Waals surface area (Å²) in [4.78, 5) is 39.2. The van der Waals surface area contributed by atoms with Crippen LogP contribution in [0.15, 0.2) is 46.5 Å². The Morgan fingerprint density at radius 3 is 2.44 bits per heavy atom. The lowest BCUT2D eigenvalue weighted by molar-refractivity contribution is -1.08. The summed E-state index contributed by atoms with van der Waals surface area (Å²) in [6.45, 7) is 10.7. The first-order valence-electron chi connectivity index (χ1n) is 17.5. The molecule has 5 N–H and O–H groups in total. The van der Waals surface area contributed by atoms with Crippen LogP contribution in [0.25, 0.3) is 10.8 Å². The van der Waals surface area contributed by atoms with E-state index in [1.807, 2.05) is 18.2 Å². The van der Waals surface area contributed by atoms with Gasteiger partial charge in [0, 0.05) is 30.7 Å². The maximum Gasteiger partial charge on any atom is 0.275 e. The lowest BCUT2D eigenvalue weighted by Crippen LogP contribution is -2.76. The summed E-state index contributed by atoms with van der Waals surface area (Å²) >= 11 is 0. The molecule has 50 heavy (non-hydrogen) atoms. The molecule has 0 unspecified atom stereocenters. The minimum Gasteiger partial charge on any atom is -0.543 e. The van der Waals surface area contributed by atoms with Gasteiger partial charge in [-0.1, -0.05) is 25.1 Å². The van der Waals surface area contributed by atoms with E-state index in [0.29, 0.717) is 42.6 Å². The SMILES string of the molecule is C[C@@H](O)[C@H]1C(=O)N2C(C(=O)[O-])=C(CN3c4cccc5c(CC[N+]67CC[N+](CC(=O)NCCCC(=N)N)(CC6)CC7)ccc(c45)S3(=O)=O)[C@H](C)[C@H]12. The van der Waals surface area contributed by atoms with Crippen molar-refractivity contribution < 1.29 is 42.0 Å². The van der Waals surface area contributed by atoms with Gasteiger partial charge in [-0.3, -0.25) is 19.3 Å². The molecule has 2 aromatic carbocycles. The number of hydrogen-bond donors (Lipinski definition) is 4. The van der Waals surface area contributed by atoms with Crippen molar-refractivity contribution >= 4 is 50.1 Å². The second-order valence-electron chi connectivity index (χ2n) is 15.0. The van der Waals surface area contributed by atoms with Crippen LogP contribution >= 0.6 is 0 Å². The van der Waals surface area contributed by atoms with Crippen molar-refractivity contribution in [3.05, 3.63) is 47.2 Å². The average Bonchev–Trinajstić information content (AvgIpc) is 3.44. The molecule has 2 aromatic rings. The zero-order valence-corrected chi connectivity index (χ0v) is 29.4. The lowest BCUT2D eigenvalue weighted by Gasteiger charge is -2.55. The Bertz CT molecular complexity index is 1920. The van der Waals surface area contributed by atoms with Gasteiger partial charge in [-0.15, -0.1) is 0 Å². The summed E-state index contributed by atoms with van der Waals surface area (Å²) in [7, 11) is -4.03. The predicted molar refractivity (Wildman–Crippen MR) is 183 cm³/mol. The highest BCUT2D eigenvalue weighted by Gasteiger charge is 2.59. The average molecular weight is 709 g/mol. The van der Waals surface area contributed by atoms with Crippen LogP contribution in [0.5, 0.6) is 0 Å². The maximum absolute atomic E-state index is 14.1. The molecule has 0 spiro atoms. The van der Waals surface area contributed by atoms with Crippen LogP contribution in [0.2, 0.25) is 0 Å². The first-order chi connectivity index (χ1) is 23.7. The number of carbonyl (C=O) groups is 3. The molecular weight excluding hydrogens is 662 g/mol. The number of hydrogen-bond acceptors (Lipinski definition) is 8. The molecule has 2 bridgehead atoms. The summed E-state index contributed by atoms with van der Waals surface area (Å²) in [5.74, 6) is -3.10. The van der Waals surface area contributed by atoms with Crippen molar-refractivity contribution in [2.45, 2.75) is 50.2 Å². The maximum atomic E-state index is 14.1. The zero-order valence-electron chi connectivity index (χ0n) is 28.6. The second kappa shape index (κ2) is 12.3. The molecule has 0 aromatic heterocycles. The second-order valence-corrected chi connectivity index (χ2v) is 16.8. The number of aliphatic hydroxyl groups excluding tert-OH is 1. The van der Waals surface area contributed by atoms with Gasteiger partial charge in [0.05, 0.1) is 59.2 Å². The van der Waals surface area contributed by atoms with Gasteiger partial charge < -0.3 is 39.9 Å². The Hall–Kier alpha value is -4.05. The van der Waals surface area contributed by atoms with Gasteiger partial charge in [-0.25, -0.2) is 8.42 Å². The minimum atomic E-state index is -4.03. The number of aliphatic carboxylic acids is 1. The van der Waals surface area contributed by atoms with Crippen LogP contribution in [0, 0.1) is 17.2 Å². The van der Waals surface area contributed by atoms with E-state index in [4.69, 9.17) is 11.1 Å². The van der Waals surface area contributed by atoms with E-state index in [0.717, 1.165) is 77.0 Å². The molecule has 6 aliphatic heterocycles. The number of nitrogens with zero attached hydrogens (tertiary/aromatic N) is 4. The number of carboxylic acids is 1. The van der Waals surface area contributed by atoms with Crippen molar-refractivity contribution in [3.8, 4) is 0 Å². The normalized spacial score (nSPS) is 29.7. The van der Waals surface area contributed by atoms with Gasteiger partial charge in [-0.05, 0) is 42.0 Å². The van der Waals surface area contributed by atoms with Gasteiger partial charge in [0.25, 0.3) is 15.9 Å². The largest absolute Gasteiger partial charge is 0.543 e. The van der Waals surface area contributed by atoms with Crippen molar-refractivity contribution in [3.63, 3.8) is 0 Å². The number of nitrogens with one attached hydrogen (secondary N) is 2. The number of anilines is 1. The third-order valence-electron chi connectivity index (χ3n) is 12.2. The van der Waals surface area contributed by atoms with Crippen LogP contribution in [0.4, 0.5) is 5.69 Å². The summed E-state index contributed by atoms with van der Waals surface area (Å²) < 4.78 is 31.1. The molecule has 8 rings (SSSR count). The Morgan fingerprint density at radius 1 is 1.12 bits per heavy atom. The molecule has 2 amide bonds. The number of β-lactam (4-membered cyclic amide) rings is 1. The standard InChI is InChI=1S/C35H45N7O7S/c1-21-25(33(35(46)47)40-32(21)30(22(2)43)34(40)45)19-39-26-6-3-5-24-23(8-9-27(31(24)26)50(39,48)49)10-12-41-13-16-42(17-14-41,18-15-41)20-29(44)38-11-4-7-28(36)37/h3,5-6,8-9,21-22,30,32,43H,4,7,10-20H2,1-2H3,(H3-2,36,37,38,44,46,47)/p+1/t21-,22+,30+,32+,41?,42?/m0/s1. The van der Waals surface area contributed by atoms with Crippen LogP contribution in [-0.2, 0) is 30.8 Å². The first-order valence-corrected chi connectivity index (χ1v) is 19.0. The number of benzene rings is 2. The number of piperazine rings is 3. The third-order valence-corrected chi connectivity index (χ3v) is 14.0. The minimum absolute atomic E-state index is 0.0455. The number of fused-ring (bicyclic) bond motifs is 4. The molecule has 4 fully saturated rings. The number of amides is 2. The summed E-state index contributed by atoms with van der Waals surface area (Å²) in [5.41, 5.74) is 6.94. The quantitative estimate of drug-likeness (QED) is 0.0685. The van der Waals surface area contributed by atoms with Crippen molar-refractivity contribution in [2.24, 2.45) is 17.6 Å². The Balaban J connectivity index is 1.07. The van der Waals surface area contributed by atoms with E-state index in [-0.39, 0.29) is 28.9 Å². The highest BCUT2D eigenvalue weighted by molar-refractivity contribution is 7.93. The lowest BCUT2D eigenvalue weighted by atomic mass is 9.78. The van der Waals surface area contributed by atoms with Gasteiger partial charge >= 0.3 is 0 Å². The van der Waals surface area contributed by atoms with Gasteiger partial charge in [0.2, 0.25) is 5.91 Å². The number of sulfonamides is 1. The Labute approximate surface area is 291 Å². The van der Waals surface area contributed by atoms with Crippen LogP contribution in [0.1, 0.15) is 32.3 Å². The molecule has 4 saturated heterocycles. The van der Waals surface area contributed by atoms with Gasteiger partial charge in [0.1, 0.15) is 39.3 Å². The van der Waals surface area contributed by atoms with E-state index >= 15 is 0 Å². The smallest absolute Gasteiger partial charge is 0.275 e. The Kier molecular flexibility index (Phi) is 8.48. The fourth-order valence-corrected chi connectivity index (χ4v) is 10.9. The number of aliphatic hydroxyl groups is 1. The summed E-state index contributed by atoms with van der Waals surface area (Å²) in [6, 6.07) is 8.51. The van der Waals surface area contributed by atoms with Crippen molar-refractivity contribution in [2.75, 3.05) is 69.8 Å². The van der Waals surface area contributed by atoms with E-state index in [1.165, 1.54) is 11.2 Å². The fourth-order valence-electron chi connectivity index (χ4n) is 9.21. The molecule has 268 valence electrons. The van der Waals surface area contributed by atoms with E-state index in [2.05, 4.69) is 5.32 Å². The molecular formula is C35H46N7O7S+. The van der Waals surface area contributed by atoms with Crippen molar-refractivity contribution in [1.29, 1.82) is 5.41 Å². The number of rotatable bonds is 13. The number of carboxylic acid groups (broad SMARTS) is 1. The molecule has 0 radical (unpaired) electrons. The molecule has 14 nitrogen and oxygen atoms in total. The third kappa shape index (κ3) is 5.45. The number of quaternary nitrogens is 2. The van der Waals surface area contributed by atoms with E-state index < -0.39 is 45.9 Å². The number of amidine groups is 1. The van der Waals surface area contributed by atoms with Crippen LogP contribution in [-0.4, -0.2) is 129 Å². The van der Waals surface area contributed by atoms with Gasteiger partial charge in [0.15, 0.2) is 6.54 Å². The monoisotopic (exact) mass is 708 g/mol. The molecule has 0 aliphatic carbocycles. The highest BCUT2D eigenvalue weighted by atomic mass is 32.2. The molecule has 6 aliphatic rings. The molecule has 6 heterocycles. The van der Waals surface area contributed by atoms with E-state index in [1.54, 1.807) is 19.1 Å². The number of nitrogens with two attached hydrogens (primary N) is 1. The fraction of sp³-hybridized carbons (Fsp3) is 0.543.